The Labute approximate surface area is 127 Å². The van der Waals surface area contributed by atoms with Crippen molar-refractivity contribution < 1.29 is 4.39 Å². The molecule has 2 rings (SSSR count). The van der Waals surface area contributed by atoms with Gasteiger partial charge >= 0.3 is 0 Å². The van der Waals surface area contributed by atoms with E-state index in [0.29, 0.717) is 23.1 Å². The van der Waals surface area contributed by atoms with E-state index in [-0.39, 0.29) is 11.7 Å². The molecule has 21 heavy (non-hydrogen) atoms. The highest BCUT2D eigenvalue weighted by Gasteiger charge is 2.24. The molecule has 1 aromatic rings. The Bertz CT molecular complexity index is 535. The highest BCUT2D eigenvalue weighted by molar-refractivity contribution is 5.44. The zero-order valence-corrected chi connectivity index (χ0v) is 13.5. The van der Waals surface area contributed by atoms with Crippen LogP contribution in [0.2, 0.25) is 0 Å². The van der Waals surface area contributed by atoms with Gasteiger partial charge in [-0.3, -0.25) is 0 Å². The quantitative estimate of drug-likeness (QED) is 0.824. The minimum absolute atomic E-state index is 0.0384. The van der Waals surface area contributed by atoms with Gasteiger partial charge in [-0.25, -0.2) is 4.39 Å². The first kappa shape index (κ1) is 16.0. The highest BCUT2D eigenvalue weighted by Crippen LogP contribution is 2.32. The number of nitrogens with zero attached hydrogens (tertiary/aromatic N) is 2. The second-order valence-electron chi connectivity index (χ2n) is 6.63. The van der Waals surface area contributed by atoms with Crippen molar-refractivity contribution in [2.24, 2.45) is 0 Å². The van der Waals surface area contributed by atoms with Crippen molar-refractivity contribution in [1.29, 1.82) is 5.26 Å². The van der Waals surface area contributed by atoms with Gasteiger partial charge in [-0.2, -0.15) is 5.26 Å². The molecule has 1 aliphatic heterocycles. The molecule has 0 unspecified atom stereocenters. The smallest absolute Gasteiger partial charge is 0.128 e. The molecule has 1 aliphatic rings. The number of nitriles is 1. The van der Waals surface area contributed by atoms with Gasteiger partial charge in [0, 0.05) is 11.6 Å². The van der Waals surface area contributed by atoms with E-state index < -0.39 is 0 Å². The molecule has 1 aromatic carbocycles. The van der Waals surface area contributed by atoms with E-state index in [1.54, 1.807) is 6.07 Å². The van der Waals surface area contributed by atoms with Crippen molar-refractivity contribution in [2.45, 2.75) is 58.4 Å². The van der Waals surface area contributed by atoms with Gasteiger partial charge in [0.1, 0.15) is 5.82 Å². The van der Waals surface area contributed by atoms with Crippen LogP contribution in [0.4, 0.5) is 4.39 Å². The summed E-state index contributed by atoms with van der Waals surface area (Å²) in [5.41, 5.74) is 2.06. The molecule has 0 aliphatic carbocycles. The number of likely N-dealkylation sites (tertiary alicyclic amines) is 1. The van der Waals surface area contributed by atoms with E-state index in [0.717, 1.165) is 31.5 Å². The van der Waals surface area contributed by atoms with Gasteiger partial charge < -0.3 is 4.90 Å². The number of hydrogen-bond acceptors (Lipinski definition) is 2. The van der Waals surface area contributed by atoms with Crippen molar-refractivity contribution in [1.82, 2.24) is 4.90 Å². The summed E-state index contributed by atoms with van der Waals surface area (Å²) in [6.07, 6.45) is 2.09. The summed E-state index contributed by atoms with van der Waals surface area (Å²) in [7, 11) is 0. The molecule has 0 radical (unpaired) electrons. The largest absolute Gasteiger partial charge is 0.301 e. The Morgan fingerprint density at radius 1 is 1.19 bits per heavy atom. The first-order chi connectivity index (χ1) is 9.93. The third-order valence-electron chi connectivity index (χ3n) is 4.58. The molecule has 0 saturated carbocycles. The van der Waals surface area contributed by atoms with E-state index in [9.17, 15) is 9.65 Å². The average molecular weight is 288 g/mol. The molecule has 0 atom stereocenters. The molecular weight excluding hydrogens is 263 g/mol. The Morgan fingerprint density at radius 3 is 2.29 bits per heavy atom. The summed E-state index contributed by atoms with van der Waals surface area (Å²) in [6.45, 7) is 10.4. The molecule has 0 amide bonds. The van der Waals surface area contributed by atoms with Gasteiger partial charge in [0.15, 0.2) is 0 Å². The topological polar surface area (TPSA) is 27.0 Å². The van der Waals surface area contributed by atoms with Crippen LogP contribution in [0.15, 0.2) is 12.1 Å². The number of hydrogen-bond donors (Lipinski definition) is 0. The molecule has 1 saturated heterocycles. The van der Waals surface area contributed by atoms with Crippen LogP contribution in [0.5, 0.6) is 0 Å². The molecule has 1 fully saturated rings. The van der Waals surface area contributed by atoms with Gasteiger partial charge in [0.25, 0.3) is 0 Å². The van der Waals surface area contributed by atoms with Crippen LogP contribution in [-0.2, 0) is 0 Å². The summed E-state index contributed by atoms with van der Waals surface area (Å²) < 4.78 is 14.3. The van der Waals surface area contributed by atoms with Crippen LogP contribution in [0.1, 0.15) is 69.1 Å². The van der Waals surface area contributed by atoms with Gasteiger partial charge in [0.2, 0.25) is 0 Å². The first-order valence-corrected chi connectivity index (χ1v) is 7.91. The number of halogens is 1. The van der Waals surface area contributed by atoms with Gasteiger partial charge in [-0.1, -0.05) is 13.8 Å². The third kappa shape index (κ3) is 3.44. The second-order valence-corrected chi connectivity index (χ2v) is 6.63. The number of benzene rings is 1. The van der Waals surface area contributed by atoms with E-state index in [1.807, 2.05) is 19.9 Å². The fourth-order valence-corrected chi connectivity index (χ4v) is 3.30. The van der Waals surface area contributed by atoms with E-state index in [2.05, 4.69) is 24.8 Å². The summed E-state index contributed by atoms with van der Waals surface area (Å²) in [4.78, 5) is 2.46. The maximum Gasteiger partial charge on any atom is 0.128 e. The molecule has 0 N–H and O–H groups in total. The van der Waals surface area contributed by atoms with Crippen molar-refractivity contribution in [3.05, 3.63) is 34.6 Å². The first-order valence-electron chi connectivity index (χ1n) is 7.91. The lowest BCUT2D eigenvalue weighted by Crippen LogP contribution is -2.37. The molecule has 114 valence electrons. The van der Waals surface area contributed by atoms with E-state index in [4.69, 9.17) is 0 Å². The maximum atomic E-state index is 14.3. The maximum absolute atomic E-state index is 14.3. The lowest BCUT2D eigenvalue weighted by molar-refractivity contribution is 0.172. The molecular formula is C18H25FN2. The predicted molar refractivity (Wildman–Crippen MR) is 83.9 cm³/mol. The van der Waals surface area contributed by atoms with Crippen LogP contribution in [0.3, 0.4) is 0 Å². The Balaban J connectivity index is 2.23. The fourth-order valence-electron chi connectivity index (χ4n) is 3.30. The number of rotatable bonds is 3. The normalized spacial score (nSPS) is 17.4. The fraction of sp³-hybridized carbons (Fsp3) is 0.611. The monoisotopic (exact) mass is 288 g/mol. The standard InChI is InChI=1S/C18H25FN2/c1-12(2)18-16(11-20)9-15(10-17(18)19)14-5-7-21(8-6-14)13(3)4/h9-10,12-14H,5-8H2,1-4H3. The Morgan fingerprint density at radius 2 is 1.81 bits per heavy atom. The summed E-state index contributed by atoms with van der Waals surface area (Å²) in [5, 5.41) is 9.30. The number of piperidine rings is 1. The van der Waals surface area contributed by atoms with Gasteiger partial charge in [-0.15, -0.1) is 0 Å². The van der Waals surface area contributed by atoms with Crippen molar-refractivity contribution in [3.63, 3.8) is 0 Å². The average Bonchev–Trinajstić information content (AvgIpc) is 2.45. The van der Waals surface area contributed by atoms with E-state index >= 15 is 0 Å². The summed E-state index contributed by atoms with van der Waals surface area (Å²) in [5.74, 6) is 0.199. The van der Waals surface area contributed by atoms with Crippen molar-refractivity contribution in [3.8, 4) is 6.07 Å². The molecule has 0 aromatic heterocycles. The van der Waals surface area contributed by atoms with Crippen molar-refractivity contribution >= 4 is 0 Å². The summed E-state index contributed by atoms with van der Waals surface area (Å²) >= 11 is 0. The lowest BCUT2D eigenvalue weighted by atomic mass is 9.85. The molecule has 1 heterocycles. The van der Waals surface area contributed by atoms with Gasteiger partial charge in [-0.05, 0) is 69.3 Å². The van der Waals surface area contributed by atoms with Crippen LogP contribution >= 0.6 is 0 Å². The zero-order valence-electron chi connectivity index (χ0n) is 13.5. The Kier molecular flexibility index (Phi) is 5.00. The second kappa shape index (κ2) is 6.58. The summed E-state index contributed by atoms with van der Waals surface area (Å²) in [6, 6.07) is 6.31. The minimum atomic E-state index is -0.217. The van der Waals surface area contributed by atoms with Crippen LogP contribution < -0.4 is 0 Å². The van der Waals surface area contributed by atoms with Crippen LogP contribution in [-0.4, -0.2) is 24.0 Å². The molecule has 3 heteroatoms. The van der Waals surface area contributed by atoms with Crippen molar-refractivity contribution in [2.75, 3.05) is 13.1 Å². The lowest BCUT2D eigenvalue weighted by Gasteiger charge is -2.35. The Hall–Kier alpha value is -1.40. The zero-order chi connectivity index (χ0) is 15.6. The highest BCUT2D eigenvalue weighted by atomic mass is 19.1. The van der Waals surface area contributed by atoms with Gasteiger partial charge in [0.05, 0.1) is 11.6 Å². The molecule has 0 spiro atoms. The van der Waals surface area contributed by atoms with Crippen LogP contribution in [0, 0.1) is 17.1 Å². The SMILES string of the molecule is CC(C)c1c(F)cc(C2CCN(C(C)C)CC2)cc1C#N. The molecule has 2 nitrogen and oxygen atoms in total. The molecule has 0 bridgehead atoms. The van der Waals surface area contributed by atoms with E-state index in [1.165, 1.54) is 0 Å². The predicted octanol–water partition coefficient (Wildman–Crippen LogP) is 4.41. The van der Waals surface area contributed by atoms with Crippen LogP contribution in [0.25, 0.3) is 0 Å². The minimum Gasteiger partial charge on any atom is -0.301 e. The third-order valence-corrected chi connectivity index (χ3v) is 4.58.